The Bertz CT molecular complexity index is 576. The van der Waals surface area contributed by atoms with Gasteiger partial charge < -0.3 is 4.74 Å². The fourth-order valence-electron chi connectivity index (χ4n) is 1.93. The molecule has 0 unspecified atom stereocenters. The molecule has 18 heavy (non-hydrogen) atoms. The van der Waals surface area contributed by atoms with Crippen LogP contribution in [-0.4, -0.2) is 16.9 Å². The Kier molecular flexibility index (Phi) is 3.60. The van der Waals surface area contributed by atoms with Gasteiger partial charge >= 0.3 is 0 Å². The zero-order valence-corrected chi connectivity index (χ0v) is 10.9. The van der Waals surface area contributed by atoms with Crippen LogP contribution < -0.4 is 4.74 Å². The largest absolute Gasteiger partial charge is 0.489 e. The summed E-state index contributed by atoms with van der Waals surface area (Å²) in [4.78, 5) is 16.2. The van der Waals surface area contributed by atoms with Crippen LogP contribution in [0.4, 0.5) is 0 Å². The number of rotatable bonds is 4. The smallest absolute Gasteiger partial charge is 0.163 e. The number of carbonyl (C=O) groups is 1. The minimum absolute atomic E-state index is 0.0860. The molecule has 0 aliphatic carbocycles. The first-order valence-corrected chi connectivity index (χ1v) is 6.21. The molecule has 3 nitrogen and oxygen atoms in total. The maximum atomic E-state index is 11.9. The van der Waals surface area contributed by atoms with Gasteiger partial charge in [-0.05, 0) is 32.0 Å². The number of aromatic nitrogens is 1. The third kappa shape index (κ3) is 2.35. The summed E-state index contributed by atoms with van der Waals surface area (Å²) in [7, 11) is 0. The van der Waals surface area contributed by atoms with Gasteiger partial charge in [-0.2, -0.15) is 0 Å². The van der Waals surface area contributed by atoms with E-state index in [1.807, 2.05) is 45.0 Å². The average Bonchev–Trinajstić information content (AvgIpc) is 2.38. The standard InChI is InChI=1S/C15H17NO2/c1-4-13(17)11-7-8-14(18-10(2)3)15-12(11)6-5-9-16-15/h5-10H,4H2,1-3H3. The molecule has 0 saturated carbocycles. The first kappa shape index (κ1) is 12.6. The zero-order chi connectivity index (χ0) is 13.1. The quantitative estimate of drug-likeness (QED) is 0.770. The highest BCUT2D eigenvalue weighted by Gasteiger charge is 2.12. The fourth-order valence-corrected chi connectivity index (χ4v) is 1.93. The molecule has 0 bridgehead atoms. The van der Waals surface area contributed by atoms with Crippen molar-refractivity contribution in [2.45, 2.75) is 33.3 Å². The molecule has 0 atom stereocenters. The number of ether oxygens (including phenoxy) is 1. The number of ketones is 1. The molecule has 2 rings (SSSR count). The van der Waals surface area contributed by atoms with Crippen LogP contribution in [0.3, 0.4) is 0 Å². The number of Topliss-reactive ketones (excluding diaryl/α,β-unsaturated/α-hetero) is 1. The minimum Gasteiger partial charge on any atom is -0.489 e. The van der Waals surface area contributed by atoms with Crippen LogP contribution in [0.5, 0.6) is 5.75 Å². The van der Waals surface area contributed by atoms with Gasteiger partial charge in [0.25, 0.3) is 0 Å². The summed E-state index contributed by atoms with van der Waals surface area (Å²) in [5.74, 6) is 0.859. The van der Waals surface area contributed by atoms with E-state index in [4.69, 9.17) is 4.74 Å². The Hall–Kier alpha value is -1.90. The SMILES string of the molecule is CCC(=O)c1ccc(OC(C)C)c2ncccc12. The summed E-state index contributed by atoms with van der Waals surface area (Å²) >= 11 is 0. The maximum Gasteiger partial charge on any atom is 0.163 e. The molecule has 0 radical (unpaired) electrons. The number of nitrogens with zero attached hydrogens (tertiary/aromatic N) is 1. The number of carbonyl (C=O) groups excluding carboxylic acids is 1. The van der Waals surface area contributed by atoms with E-state index in [9.17, 15) is 4.79 Å². The van der Waals surface area contributed by atoms with E-state index in [1.54, 1.807) is 6.20 Å². The normalized spacial score (nSPS) is 10.9. The third-order valence-corrected chi connectivity index (χ3v) is 2.72. The van der Waals surface area contributed by atoms with Gasteiger partial charge in [-0.1, -0.05) is 13.0 Å². The molecular formula is C15H17NO2. The minimum atomic E-state index is 0.0860. The molecule has 0 fully saturated rings. The summed E-state index contributed by atoms with van der Waals surface area (Å²) in [6.07, 6.45) is 2.30. The van der Waals surface area contributed by atoms with Gasteiger partial charge in [0.2, 0.25) is 0 Å². The van der Waals surface area contributed by atoms with Gasteiger partial charge in [0.05, 0.1) is 6.10 Å². The van der Waals surface area contributed by atoms with E-state index < -0.39 is 0 Å². The predicted octanol–water partition coefficient (Wildman–Crippen LogP) is 3.61. The monoisotopic (exact) mass is 243 g/mol. The average molecular weight is 243 g/mol. The topological polar surface area (TPSA) is 39.2 Å². The highest BCUT2D eigenvalue weighted by Crippen LogP contribution is 2.28. The van der Waals surface area contributed by atoms with Gasteiger partial charge in [0.1, 0.15) is 11.3 Å². The number of hydrogen-bond donors (Lipinski definition) is 0. The van der Waals surface area contributed by atoms with Crippen molar-refractivity contribution in [3.63, 3.8) is 0 Å². The molecular weight excluding hydrogens is 226 g/mol. The molecule has 3 heteroatoms. The summed E-state index contributed by atoms with van der Waals surface area (Å²) in [6.45, 7) is 5.81. The number of pyridine rings is 1. The van der Waals surface area contributed by atoms with Crippen LogP contribution >= 0.6 is 0 Å². The Morgan fingerprint density at radius 3 is 2.78 bits per heavy atom. The van der Waals surface area contributed by atoms with Crippen molar-refractivity contribution in [2.24, 2.45) is 0 Å². The zero-order valence-electron chi connectivity index (χ0n) is 10.9. The molecule has 1 aromatic heterocycles. The molecule has 0 N–H and O–H groups in total. The van der Waals surface area contributed by atoms with Crippen molar-refractivity contribution in [3.8, 4) is 5.75 Å². The van der Waals surface area contributed by atoms with Crippen molar-refractivity contribution in [2.75, 3.05) is 0 Å². The first-order valence-electron chi connectivity index (χ1n) is 6.21. The molecule has 0 spiro atoms. The van der Waals surface area contributed by atoms with Crippen molar-refractivity contribution in [1.29, 1.82) is 0 Å². The van der Waals surface area contributed by atoms with Gasteiger partial charge in [-0.25, -0.2) is 0 Å². The third-order valence-electron chi connectivity index (χ3n) is 2.72. The first-order chi connectivity index (χ1) is 8.63. The fraction of sp³-hybridized carbons (Fsp3) is 0.333. The maximum absolute atomic E-state index is 11.9. The lowest BCUT2D eigenvalue weighted by atomic mass is 10.0. The van der Waals surface area contributed by atoms with Crippen molar-refractivity contribution in [1.82, 2.24) is 4.98 Å². The molecule has 0 amide bonds. The Balaban J connectivity index is 2.62. The van der Waals surface area contributed by atoms with E-state index in [0.717, 1.165) is 22.2 Å². The van der Waals surface area contributed by atoms with Crippen LogP contribution in [0.15, 0.2) is 30.5 Å². The second kappa shape index (κ2) is 5.17. The lowest BCUT2D eigenvalue weighted by Crippen LogP contribution is -2.07. The van der Waals surface area contributed by atoms with Gasteiger partial charge in [-0.15, -0.1) is 0 Å². The van der Waals surface area contributed by atoms with Crippen LogP contribution in [0.25, 0.3) is 10.9 Å². The van der Waals surface area contributed by atoms with Crippen LogP contribution in [0.1, 0.15) is 37.6 Å². The molecule has 1 heterocycles. The summed E-state index contributed by atoms with van der Waals surface area (Å²) < 4.78 is 5.72. The van der Waals surface area contributed by atoms with Gasteiger partial charge in [0, 0.05) is 23.6 Å². The summed E-state index contributed by atoms with van der Waals surface area (Å²) in [5, 5.41) is 0.863. The second-order valence-electron chi connectivity index (χ2n) is 4.45. The molecule has 94 valence electrons. The molecule has 2 aromatic rings. The molecule has 1 aromatic carbocycles. The lowest BCUT2D eigenvalue weighted by Gasteiger charge is -2.13. The van der Waals surface area contributed by atoms with Crippen molar-refractivity contribution in [3.05, 3.63) is 36.0 Å². The van der Waals surface area contributed by atoms with Crippen LogP contribution in [-0.2, 0) is 0 Å². The van der Waals surface area contributed by atoms with E-state index in [2.05, 4.69) is 4.98 Å². The number of benzene rings is 1. The van der Waals surface area contributed by atoms with Gasteiger partial charge in [0.15, 0.2) is 5.78 Å². The van der Waals surface area contributed by atoms with E-state index in [-0.39, 0.29) is 11.9 Å². The Labute approximate surface area is 107 Å². The molecule has 0 saturated heterocycles. The predicted molar refractivity (Wildman–Crippen MR) is 72.1 cm³/mol. The number of hydrogen-bond acceptors (Lipinski definition) is 3. The van der Waals surface area contributed by atoms with Gasteiger partial charge in [-0.3, -0.25) is 9.78 Å². The molecule has 0 aliphatic rings. The lowest BCUT2D eigenvalue weighted by molar-refractivity contribution is 0.0989. The number of fused-ring (bicyclic) bond motifs is 1. The Morgan fingerprint density at radius 2 is 2.11 bits per heavy atom. The van der Waals surface area contributed by atoms with E-state index >= 15 is 0 Å². The highest BCUT2D eigenvalue weighted by molar-refractivity contribution is 6.08. The van der Waals surface area contributed by atoms with E-state index in [0.29, 0.717) is 6.42 Å². The van der Waals surface area contributed by atoms with Crippen LogP contribution in [0, 0.1) is 0 Å². The molecule has 0 aliphatic heterocycles. The second-order valence-corrected chi connectivity index (χ2v) is 4.45. The van der Waals surface area contributed by atoms with Crippen LogP contribution in [0.2, 0.25) is 0 Å². The van der Waals surface area contributed by atoms with E-state index in [1.165, 1.54) is 0 Å². The van der Waals surface area contributed by atoms with Crippen molar-refractivity contribution >= 4 is 16.7 Å². The van der Waals surface area contributed by atoms with Crippen molar-refractivity contribution < 1.29 is 9.53 Å². The summed E-state index contributed by atoms with van der Waals surface area (Å²) in [6, 6.07) is 7.41. The highest BCUT2D eigenvalue weighted by atomic mass is 16.5. The Morgan fingerprint density at radius 1 is 1.33 bits per heavy atom. The summed E-state index contributed by atoms with van der Waals surface area (Å²) in [5.41, 5.74) is 1.47.